The van der Waals surface area contributed by atoms with Crippen molar-refractivity contribution in [3.05, 3.63) is 54.3 Å². The zero-order valence-electron chi connectivity index (χ0n) is 14.3. The number of nitrogens with one attached hydrogen (secondary N) is 1. The summed E-state index contributed by atoms with van der Waals surface area (Å²) < 4.78 is 5.49. The van der Waals surface area contributed by atoms with Crippen molar-refractivity contribution in [1.82, 2.24) is 25.2 Å². The molecule has 1 N–H and O–H groups in total. The van der Waals surface area contributed by atoms with E-state index in [2.05, 4.69) is 26.3 Å². The number of likely N-dealkylation sites (tertiary alicyclic amines) is 1. The Morgan fingerprint density at radius 3 is 2.80 bits per heavy atom. The highest BCUT2D eigenvalue weighted by molar-refractivity contribution is 5.77. The summed E-state index contributed by atoms with van der Waals surface area (Å²) in [7, 11) is 1.64. The SMILES string of the molecule is COc1cnc(-c2ccccn2)nc1C1=CNCC(N2CCCC2)=C1. The van der Waals surface area contributed by atoms with E-state index in [4.69, 9.17) is 9.72 Å². The molecule has 4 heterocycles. The summed E-state index contributed by atoms with van der Waals surface area (Å²) >= 11 is 0. The lowest BCUT2D eigenvalue weighted by molar-refractivity contribution is 0.407. The minimum Gasteiger partial charge on any atom is -0.493 e. The zero-order valence-corrected chi connectivity index (χ0v) is 14.3. The number of methoxy groups -OCH3 is 1. The topological polar surface area (TPSA) is 63.2 Å². The zero-order chi connectivity index (χ0) is 17.1. The third kappa shape index (κ3) is 3.20. The molecular weight excluding hydrogens is 314 g/mol. The van der Waals surface area contributed by atoms with Crippen LogP contribution in [0.3, 0.4) is 0 Å². The monoisotopic (exact) mass is 335 g/mol. The van der Waals surface area contributed by atoms with Crippen LogP contribution >= 0.6 is 0 Å². The third-order valence-electron chi connectivity index (χ3n) is 4.52. The van der Waals surface area contributed by atoms with Gasteiger partial charge in [0.05, 0.1) is 19.9 Å². The first-order valence-corrected chi connectivity index (χ1v) is 8.57. The molecule has 2 aliphatic rings. The standard InChI is InChI=1S/C19H21N5O/c1-25-17-13-22-19(16-6-2-3-7-21-16)23-18(17)14-10-15(12-20-11-14)24-8-4-5-9-24/h2-3,6-7,10-11,13,20H,4-5,8-9,12H2,1H3. The van der Waals surface area contributed by atoms with Gasteiger partial charge in [0, 0.05) is 36.8 Å². The first kappa shape index (κ1) is 15.6. The van der Waals surface area contributed by atoms with Crippen molar-refractivity contribution in [2.75, 3.05) is 26.7 Å². The van der Waals surface area contributed by atoms with Crippen molar-refractivity contribution < 1.29 is 4.74 Å². The largest absolute Gasteiger partial charge is 0.493 e. The average molecular weight is 335 g/mol. The second-order valence-electron chi connectivity index (χ2n) is 6.14. The number of pyridine rings is 1. The van der Waals surface area contributed by atoms with Gasteiger partial charge in [0.25, 0.3) is 0 Å². The molecule has 2 aromatic heterocycles. The predicted octanol–water partition coefficient (Wildman–Crippen LogP) is 2.47. The van der Waals surface area contributed by atoms with Gasteiger partial charge in [-0.1, -0.05) is 6.07 Å². The summed E-state index contributed by atoms with van der Waals surface area (Å²) in [6.07, 6.45) is 10.2. The molecule has 1 fully saturated rings. The van der Waals surface area contributed by atoms with Gasteiger partial charge in [-0.05, 0) is 31.1 Å². The summed E-state index contributed by atoms with van der Waals surface area (Å²) in [5.74, 6) is 1.26. The molecule has 2 aliphatic heterocycles. The van der Waals surface area contributed by atoms with Crippen molar-refractivity contribution >= 4 is 5.57 Å². The number of hydrogen-bond acceptors (Lipinski definition) is 6. The second-order valence-corrected chi connectivity index (χ2v) is 6.14. The molecule has 25 heavy (non-hydrogen) atoms. The highest BCUT2D eigenvalue weighted by Gasteiger charge is 2.20. The van der Waals surface area contributed by atoms with Crippen LogP contribution in [-0.2, 0) is 0 Å². The van der Waals surface area contributed by atoms with Crippen LogP contribution in [-0.4, -0.2) is 46.6 Å². The molecule has 128 valence electrons. The van der Waals surface area contributed by atoms with E-state index in [1.54, 1.807) is 19.5 Å². The van der Waals surface area contributed by atoms with Gasteiger partial charge in [-0.25, -0.2) is 9.97 Å². The van der Waals surface area contributed by atoms with Crippen molar-refractivity contribution in [2.45, 2.75) is 12.8 Å². The van der Waals surface area contributed by atoms with Crippen LogP contribution in [0.4, 0.5) is 0 Å². The summed E-state index contributed by atoms with van der Waals surface area (Å²) in [6, 6.07) is 5.72. The van der Waals surface area contributed by atoms with Crippen molar-refractivity contribution in [2.24, 2.45) is 0 Å². The van der Waals surface area contributed by atoms with Gasteiger partial charge >= 0.3 is 0 Å². The lowest BCUT2D eigenvalue weighted by Crippen LogP contribution is -2.28. The summed E-state index contributed by atoms with van der Waals surface area (Å²) in [4.78, 5) is 15.9. The average Bonchev–Trinajstić information content (AvgIpc) is 3.23. The fourth-order valence-corrected chi connectivity index (χ4v) is 3.23. The molecule has 6 nitrogen and oxygen atoms in total. The molecule has 0 amide bonds. The second kappa shape index (κ2) is 6.93. The van der Waals surface area contributed by atoms with Crippen LogP contribution in [0.25, 0.3) is 17.1 Å². The van der Waals surface area contributed by atoms with Crippen LogP contribution in [0.2, 0.25) is 0 Å². The molecular formula is C19H21N5O. The number of nitrogens with zero attached hydrogens (tertiary/aromatic N) is 4. The Morgan fingerprint density at radius 1 is 1.16 bits per heavy atom. The number of dihydropyridines is 1. The molecule has 0 saturated carbocycles. The lowest BCUT2D eigenvalue weighted by atomic mass is 10.1. The fourth-order valence-electron chi connectivity index (χ4n) is 3.23. The van der Waals surface area contributed by atoms with Gasteiger partial charge in [-0.15, -0.1) is 0 Å². The molecule has 0 bridgehead atoms. The maximum atomic E-state index is 5.49. The maximum absolute atomic E-state index is 5.49. The minimum atomic E-state index is 0.596. The van der Waals surface area contributed by atoms with Gasteiger partial charge in [-0.2, -0.15) is 0 Å². The molecule has 6 heteroatoms. The predicted molar refractivity (Wildman–Crippen MR) is 96.7 cm³/mol. The highest BCUT2D eigenvalue weighted by Crippen LogP contribution is 2.29. The van der Waals surface area contributed by atoms with Gasteiger partial charge < -0.3 is 15.0 Å². The van der Waals surface area contributed by atoms with E-state index in [-0.39, 0.29) is 0 Å². The molecule has 0 spiro atoms. The molecule has 0 aliphatic carbocycles. The van der Waals surface area contributed by atoms with Gasteiger partial charge in [0.1, 0.15) is 11.4 Å². The minimum absolute atomic E-state index is 0.596. The third-order valence-corrected chi connectivity index (χ3v) is 4.52. The molecule has 1 saturated heterocycles. The fraction of sp³-hybridized carbons (Fsp3) is 0.316. The maximum Gasteiger partial charge on any atom is 0.178 e. The van der Waals surface area contributed by atoms with Gasteiger partial charge in [-0.3, -0.25) is 4.98 Å². The Bertz CT molecular complexity index is 810. The molecule has 0 atom stereocenters. The van der Waals surface area contributed by atoms with Crippen molar-refractivity contribution in [3.8, 4) is 17.3 Å². The first-order valence-electron chi connectivity index (χ1n) is 8.57. The van der Waals surface area contributed by atoms with Gasteiger partial charge in [0.2, 0.25) is 0 Å². The number of rotatable bonds is 4. The summed E-state index contributed by atoms with van der Waals surface area (Å²) in [6.45, 7) is 3.10. The summed E-state index contributed by atoms with van der Waals surface area (Å²) in [5.41, 5.74) is 3.83. The number of allylic oxidation sites excluding steroid dienone is 2. The van der Waals surface area contributed by atoms with Crippen LogP contribution in [0.1, 0.15) is 18.5 Å². The van der Waals surface area contributed by atoms with E-state index in [1.807, 2.05) is 24.4 Å². The lowest BCUT2D eigenvalue weighted by Gasteiger charge is -2.25. The smallest absolute Gasteiger partial charge is 0.178 e. The van der Waals surface area contributed by atoms with E-state index < -0.39 is 0 Å². The molecule has 2 aromatic rings. The number of hydrogen-bond donors (Lipinski definition) is 1. The number of ether oxygens (including phenoxy) is 1. The Morgan fingerprint density at radius 2 is 2.04 bits per heavy atom. The van der Waals surface area contributed by atoms with Crippen LogP contribution in [0, 0.1) is 0 Å². The molecule has 0 radical (unpaired) electrons. The quantitative estimate of drug-likeness (QED) is 0.926. The van der Waals surface area contributed by atoms with Crippen LogP contribution in [0.15, 0.2) is 48.6 Å². The molecule has 0 aromatic carbocycles. The van der Waals surface area contributed by atoms with E-state index in [0.717, 1.165) is 36.6 Å². The van der Waals surface area contributed by atoms with Crippen LogP contribution in [0.5, 0.6) is 5.75 Å². The van der Waals surface area contributed by atoms with Crippen LogP contribution < -0.4 is 10.1 Å². The van der Waals surface area contributed by atoms with E-state index in [0.29, 0.717) is 11.6 Å². The summed E-state index contributed by atoms with van der Waals surface area (Å²) in [5, 5.41) is 3.37. The Hall–Kier alpha value is -2.89. The van der Waals surface area contributed by atoms with Gasteiger partial charge in [0.15, 0.2) is 11.6 Å². The van der Waals surface area contributed by atoms with E-state index in [9.17, 15) is 0 Å². The Labute approximate surface area is 147 Å². The molecule has 0 unspecified atom stereocenters. The first-order chi connectivity index (χ1) is 12.3. The Balaban J connectivity index is 1.72. The Kier molecular flexibility index (Phi) is 4.33. The number of aromatic nitrogens is 3. The van der Waals surface area contributed by atoms with E-state index >= 15 is 0 Å². The van der Waals surface area contributed by atoms with E-state index in [1.165, 1.54) is 18.5 Å². The van der Waals surface area contributed by atoms with Crippen molar-refractivity contribution in [3.63, 3.8) is 0 Å². The normalized spacial score (nSPS) is 16.9. The highest BCUT2D eigenvalue weighted by atomic mass is 16.5. The van der Waals surface area contributed by atoms with Crippen molar-refractivity contribution in [1.29, 1.82) is 0 Å². The molecule has 4 rings (SSSR count).